The largest absolute Gasteiger partial charge is 0.381 e. The number of hydrogen-bond donors (Lipinski definition) is 0. The highest BCUT2D eigenvalue weighted by molar-refractivity contribution is 5.79. The number of benzene rings is 1. The summed E-state index contributed by atoms with van der Waals surface area (Å²) in [6.45, 7) is 3.23. The van der Waals surface area contributed by atoms with Gasteiger partial charge in [-0.1, -0.05) is 12.1 Å². The molecule has 0 bridgehead atoms. The first-order valence-electron chi connectivity index (χ1n) is 8.83. The number of likely N-dealkylation sites (tertiary alicyclic amines) is 1. The molecular formula is C19H26FNO2. The zero-order chi connectivity index (χ0) is 16.1. The summed E-state index contributed by atoms with van der Waals surface area (Å²) in [5.41, 5.74) is 1.18. The molecular weight excluding hydrogens is 293 g/mol. The van der Waals surface area contributed by atoms with Crippen molar-refractivity contribution in [1.82, 2.24) is 4.90 Å². The van der Waals surface area contributed by atoms with Crippen LogP contribution in [0.2, 0.25) is 0 Å². The van der Waals surface area contributed by atoms with E-state index in [4.69, 9.17) is 4.74 Å². The molecule has 1 amide bonds. The second-order valence-corrected chi connectivity index (χ2v) is 6.84. The lowest BCUT2D eigenvalue weighted by Crippen LogP contribution is -2.44. The minimum atomic E-state index is -0.181. The van der Waals surface area contributed by atoms with Gasteiger partial charge in [0.05, 0.1) is 0 Å². The number of ether oxygens (including phenoxy) is 1. The van der Waals surface area contributed by atoms with Gasteiger partial charge in [-0.3, -0.25) is 4.79 Å². The van der Waals surface area contributed by atoms with Gasteiger partial charge in [0, 0.05) is 32.2 Å². The SMILES string of the molecule is O=C(C1CCOCC1)N1CCC[C@H](CCc2ccc(F)cc2)C1. The number of amides is 1. The number of aryl methyl sites for hydroxylation is 1. The highest BCUT2D eigenvalue weighted by Crippen LogP contribution is 2.25. The van der Waals surface area contributed by atoms with Crippen molar-refractivity contribution in [2.75, 3.05) is 26.3 Å². The zero-order valence-electron chi connectivity index (χ0n) is 13.7. The predicted octanol–water partition coefficient (Wildman–Crippen LogP) is 3.42. The van der Waals surface area contributed by atoms with Gasteiger partial charge in [-0.15, -0.1) is 0 Å². The third kappa shape index (κ3) is 4.54. The lowest BCUT2D eigenvalue weighted by atomic mass is 9.90. The van der Waals surface area contributed by atoms with Gasteiger partial charge in [-0.25, -0.2) is 4.39 Å². The summed E-state index contributed by atoms with van der Waals surface area (Å²) in [5.74, 6) is 0.886. The van der Waals surface area contributed by atoms with E-state index < -0.39 is 0 Å². The summed E-state index contributed by atoms with van der Waals surface area (Å²) in [5, 5.41) is 0. The summed E-state index contributed by atoms with van der Waals surface area (Å²) in [6, 6.07) is 6.78. The Morgan fingerprint density at radius 3 is 2.65 bits per heavy atom. The summed E-state index contributed by atoms with van der Waals surface area (Å²) in [7, 11) is 0. The quantitative estimate of drug-likeness (QED) is 0.851. The van der Waals surface area contributed by atoms with E-state index >= 15 is 0 Å². The fourth-order valence-corrected chi connectivity index (χ4v) is 3.73. The van der Waals surface area contributed by atoms with Gasteiger partial charge in [0.15, 0.2) is 0 Å². The van der Waals surface area contributed by atoms with Gasteiger partial charge < -0.3 is 9.64 Å². The standard InChI is InChI=1S/C19H26FNO2/c20-18-7-5-15(6-8-18)3-4-16-2-1-11-21(14-16)19(22)17-9-12-23-13-10-17/h5-8,16-17H,1-4,9-14H2/t16-/m1/s1. The topological polar surface area (TPSA) is 29.5 Å². The average molecular weight is 319 g/mol. The molecule has 1 aromatic rings. The van der Waals surface area contributed by atoms with E-state index in [-0.39, 0.29) is 11.7 Å². The van der Waals surface area contributed by atoms with Crippen LogP contribution in [0, 0.1) is 17.7 Å². The maximum Gasteiger partial charge on any atom is 0.225 e. The van der Waals surface area contributed by atoms with Gasteiger partial charge in [0.25, 0.3) is 0 Å². The molecule has 0 saturated carbocycles. The molecule has 2 fully saturated rings. The molecule has 2 saturated heterocycles. The van der Waals surface area contributed by atoms with Gasteiger partial charge in [-0.05, 0) is 62.1 Å². The molecule has 0 aliphatic carbocycles. The summed E-state index contributed by atoms with van der Waals surface area (Å²) in [4.78, 5) is 14.7. The lowest BCUT2D eigenvalue weighted by Gasteiger charge is -2.36. The fraction of sp³-hybridized carbons (Fsp3) is 0.632. The Balaban J connectivity index is 1.49. The maximum atomic E-state index is 12.9. The van der Waals surface area contributed by atoms with E-state index in [1.54, 1.807) is 0 Å². The molecule has 2 aliphatic heterocycles. The summed E-state index contributed by atoms with van der Waals surface area (Å²) < 4.78 is 18.3. The van der Waals surface area contributed by atoms with Crippen LogP contribution in [-0.4, -0.2) is 37.1 Å². The molecule has 1 atom stereocenters. The number of piperidine rings is 1. The van der Waals surface area contributed by atoms with Gasteiger partial charge in [0.2, 0.25) is 5.91 Å². The molecule has 2 heterocycles. The highest BCUT2D eigenvalue weighted by atomic mass is 19.1. The van der Waals surface area contributed by atoms with Gasteiger partial charge >= 0.3 is 0 Å². The van der Waals surface area contributed by atoms with Crippen molar-refractivity contribution in [3.63, 3.8) is 0 Å². The molecule has 4 heteroatoms. The summed E-state index contributed by atoms with van der Waals surface area (Å²) >= 11 is 0. The molecule has 1 aromatic carbocycles. The first kappa shape index (κ1) is 16.4. The second kappa shape index (κ2) is 7.91. The molecule has 2 aliphatic rings. The number of halogens is 1. The van der Waals surface area contributed by atoms with Crippen LogP contribution in [0.1, 0.15) is 37.7 Å². The Kier molecular flexibility index (Phi) is 5.65. The first-order valence-corrected chi connectivity index (χ1v) is 8.83. The smallest absolute Gasteiger partial charge is 0.225 e. The van der Waals surface area contributed by atoms with Crippen molar-refractivity contribution in [2.24, 2.45) is 11.8 Å². The predicted molar refractivity (Wildman–Crippen MR) is 87.6 cm³/mol. The maximum absolute atomic E-state index is 12.9. The molecule has 126 valence electrons. The van der Waals surface area contributed by atoms with Crippen LogP contribution in [0.4, 0.5) is 4.39 Å². The van der Waals surface area contributed by atoms with E-state index in [0.717, 1.165) is 58.4 Å². The van der Waals surface area contributed by atoms with Crippen molar-refractivity contribution in [2.45, 2.75) is 38.5 Å². The Morgan fingerprint density at radius 2 is 1.91 bits per heavy atom. The van der Waals surface area contributed by atoms with Crippen molar-refractivity contribution >= 4 is 5.91 Å². The molecule has 0 N–H and O–H groups in total. The molecule has 23 heavy (non-hydrogen) atoms. The molecule has 0 aromatic heterocycles. The van der Waals surface area contributed by atoms with Gasteiger partial charge in [-0.2, -0.15) is 0 Å². The number of rotatable bonds is 4. The zero-order valence-corrected chi connectivity index (χ0v) is 13.7. The molecule has 0 radical (unpaired) electrons. The van der Waals surface area contributed by atoms with Crippen LogP contribution in [0.15, 0.2) is 24.3 Å². The Hall–Kier alpha value is -1.42. The molecule has 0 unspecified atom stereocenters. The van der Waals surface area contributed by atoms with Crippen molar-refractivity contribution in [3.05, 3.63) is 35.6 Å². The number of hydrogen-bond acceptors (Lipinski definition) is 2. The van der Waals surface area contributed by atoms with E-state index in [1.807, 2.05) is 12.1 Å². The van der Waals surface area contributed by atoms with E-state index in [9.17, 15) is 9.18 Å². The lowest BCUT2D eigenvalue weighted by molar-refractivity contribution is -0.140. The number of carbonyl (C=O) groups is 1. The Labute approximate surface area is 137 Å². The molecule has 3 rings (SSSR count). The van der Waals surface area contributed by atoms with Crippen LogP contribution in [0.5, 0.6) is 0 Å². The van der Waals surface area contributed by atoms with Crippen molar-refractivity contribution in [3.8, 4) is 0 Å². The fourth-order valence-electron chi connectivity index (χ4n) is 3.73. The monoisotopic (exact) mass is 319 g/mol. The van der Waals surface area contributed by atoms with Crippen LogP contribution < -0.4 is 0 Å². The second-order valence-electron chi connectivity index (χ2n) is 6.84. The van der Waals surface area contributed by atoms with E-state index in [0.29, 0.717) is 11.8 Å². The number of carbonyl (C=O) groups excluding carboxylic acids is 1. The van der Waals surface area contributed by atoms with Crippen LogP contribution in [0.25, 0.3) is 0 Å². The average Bonchev–Trinajstić information content (AvgIpc) is 2.61. The molecule has 3 nitrogen and oxygen atoms in total. The van der Waals surface area contributed by atoms with E-state index in [2.05, 4.69) is 4.90 Å². The third-order valence-electron chi connectivity index (χ3n) is 5.16. The minimum absolute atomic E-state index is 0.166. The van der Waals surface area contributed by atoms with Gasteiger partial charge in [0.1, 0.15) is 5.82 Å². The van der Waals surface area contributed by atoms with Crippen LogP contribution in [-0.2, 0) is 16.0 Å². The van der Waals surface area contributed by atoms with Crippen LogP contribution in [0.3, 0.4) is 0 Å². The number of nitrogens with zero attached hydrogens (tertiary/aromatic N) is 1. The highest BCUT2D eigenvalue weighted by Gasteiger charge is 2.29. The third-order valence-corrected chi connectivity index (χ3v) is 5.16. The molecule has 0 spiro atoms. The summed E-state index contributed by atoms with van der Waals surface area (Å²) in [6.07, 6.45) is 6.07. The first-order chi connectivity index (χ1) is 11.2. The normalized spacial score (nSPS) is 23.0. The Morgan fingerprint density at radius 1 is 1.17 bits per heavy atom. The minimum Gasteiger partial charge on any atom is -0.381 e. The van der Waals surface area contributed by atoms with Crippen molar-refractivity contribution in [1.29, 1.82) is 0 Å². The van der Waals surface area contributed by atoms with Crippen LogP contribution >= 0.6 is 0 Å². The van der Waals surface area contributed by atoms with Crippen molar-refractivity contribution < 1.29 is 13.9 Å². The Bertz CT molecular complexity index is 511. The van der Waals surface area contributed by atoms with E-state index in [1.165, 1.54) is 24.1 Å².